The Morgan fingerprint density at radius 2 is 2.00 bits per heavy atom. The molecular formula is C28H44N5O4+. The molecule has 37 heavy (non-hydrogen) atoms. The fourth-order valence-electron chi connectivity index (χ4n) is 5.00. The number of nitrogens with two attached hydrogens (primary N) is 1. The average molecular weight is 515 g/mol. The van der Waals surface area contributed by atoms with Crippen LogP contribution in [0.5, 0.6) is 11.5 Å². The molecule has 1 aromatic carbocycles. The molecule has 0 radical (unpaired) electrons. The van der Waals surface area contributed by atoms with E-state index in [-0.39, 0.29) is 36.2 Å². The second-order valence-corrected chi connectivity index (χ2v) is 10.2. The van der Waals surface area contributed by atoms with Crippen molar-refractivity contribution in [2.45, 2.75) is 89.1 Å². The van der Waals surface area contributed by atoms with E-state index in [0.717, 1.165) is 44.5 Å². The summed E-state index contributed by atoms with van der Waals surface area (Å²) in [5, 5.41) is 16.3. The predicted molar refractivity (Wildman–Crippen MR) is 144 cm³/mol. The van der Waals surface area contributed by atoms with Crippen LogP contribution in [0.15, 0.2) is 35.6 Å². The van der Waals surface area contributed by atoms with Crippen LogP contribution in [0.1, 0.15) is 76.2 Å². The molecule has 9 nitrogen and oxygen atoms in total. The maximum Gasteiger partial charge on any atom is 0.189 e. The van der Waals surface area contributed by atoms with Crippen LogP contribution in [-0.2, 0) is 16.0 Å². The van der Waals surface area contributed by atoms with Crippen molar-refractivity contribution in [2.24, 2.45) is 10.7 Å². The lowest BCUT2D eigenvalue weighted by Gasteiger charge is -2.23. The quantitative estimate of drug-likeness (QED) is 0.137. The van der Waals surface area contributed by atoms with Crippen LogP contribution in [0.2, 0.25) is 0 Å². The first-order valence-electron chi connectivity index (χ1n) is 13.7. The van der Waals surface area contributed by atoms with Crippen LogP contribution in [-0.4, -0.2) is 55.0 Å². The number of benzene rings is 1. The summed E-state index contributed by atoms with van der Waals surface area (Å²) in [7, 11) is 1.49. The fraction of sp³-hybridized carbons (Fsp3) is 0.607. The van der Waals surface area contributed by atoms with Crippen molar-refractivity contribution in [3.63, 3.8) is 0 Å². The van der Waals surface area contributed by atoms with E-state index in [2.05, 4.69) is 16.8 Å². The van der Waals surface area contributed by atoms with Crippen molar-refractivity contribution in [1.29, 1.82) is 0 Å². The number of nitrogens with zero attached hydrogens (tertiary/aromatic N) is 1. The van der Waals surface area contributed by atoms with E-state index in [1.54, 1.807) is 18.2 Å². The van der Waals surface area contributed by atoms with Gasteiger partial charge in [0.05, 0.1) is 32.3 Å². The third kappa shape index (κ3) is 10.4. The first kappa shape index (κ1) is 28.5. The highest BCUT2D eigenvalue weighted by molar-refractivity contribution is 5.99. The molecule has 0 saturated heterocycles. The van der Waals surface area contributed by atoms with Crippen molar-refractivity contribution in [1.82, 2.24) is 10.6 Å². The Morgan fingerprint density at radius 1 is 1.22 bits per heavy atom. The average Bonchev–Trinajstić information content (AvgIpc) is 3.41. The minimum Gasteiger partial charge on any atom is -0.504 e. The Hall–Kier alpha value is -3.07. The number of carbonyl (C=O) groups excluding carboxylic acids is 2. The third-order valence-electron chi connectivity index (χ3n) is 7.17. The lowest BCUT2D eigenvalue weighted by atomic mass is 9.96. The van der Waals surface area contributed by atoms with Gasteiger partial charge in [0.15, 0.2) is 24.1 Å². The Kier molecular flexibility index (Phi) is 11.7. The summed E-state index contributed by atoms with van der Waals surface area (Å²) in [5.41, 5.74) is 7.16. The summed E-state index contributed by atoms with van der Waals surface area (Å²) < 4.78 is 5.11. The predicted octanol–water partition coefficient (Wildman–Crippen LogP) is 1.94. The number of hydrogen-bond acceptors (Lipinski definition) is 6. The van der Waals surface area contributed by atoms with Gasteiger partial charge in [0.2, 0.25) is 0 Å². The molecule has 2 atom stereocenters. The molecule has 1 aliphatic carbocycles. The second kappa shape index (κ2) is 15.2. The number of quaternary nitrogens is 1. The summed E-state index contributed by atoms with van der Waals surface area (Å²) in [4.78, 5) is 30.9. The number of phenolic OH excluding ortho intramolecular Hbond substituents is 1. The fourth-order valence-corrected chi connectivity index (χ4v) is 5.00. The molecule has 6 N–H and O–H groups in total. The maximum atomic E-state index is 12.5. The molecule has 0 aromatic heterocycles. The lowest BCUT2D eigenvalue weighted by molar-refractivity contribution is -0.843. The monoisotopic (exact) mass is 514 g/mol. The number of phenols is 1. The normalized spacial score (nSPS) is 18.8. The van der Waals surface area contributed by atoms with E-state index in [1.807, 2.05) is 6.20 Å². The number of rotatable bonds is 15. The summed E-state index contributed by atoms with van der Waals surface area (Å²) in [6, 6.07) is 5.49. The molecule has 1 heterocycles. The van der Waals surface area contributed by atoms with Crippen molar-refractivity contribution in [2.75, 3.05) is 20.3 Å². The summed E-state index contributed by atoms with van der Waals surface area (Å²) >= 11 is 0. The first-order chi connectivity index (χ1) is 17.9. The molecule has 3 rings (SSSR count). The zero-order valence-electron chi connectivity index (χ0n) is 22.1. The highest BCUT2D eigenvalue weighted by Gasteiger charge is 2.18. The first-order valence-corrected chi connectivity index (χ1v) is 13.7. The van der Waals surface area contributed by atoms with Gasteiger partial charge >= 0.3 is 0 Å². The van der Waals surface area contributed by atoms with Crippen molar-refractivity contribution in [3.8, 4) is 11.5 Å². The zero-order chi connectivity index (χ0) is 26.5. The molecular weight excluding hydrogens is 470 g/mol. The molecule has 1 fully saturated rings. The van der Waals surface area contributed by atoms with E-state index >= 15 is 0 Å². The molecule has 0 spiro atoms. The van der Waals surface area contributed by atoms with E-state index in [4.69, 9.17) is 15.5 Å². The molecule has 0 amide bonds. The van der Waals surface area contributed by atoms with Gasteiger partial charge in [-0.1, -0.05) is 25.3 Å². The summed E-state index contributed by atoms with van der Waals surface area (Å²) in [6.45, 7) is 1.85. The number of methoxy groups -OCH3 is 1. The molecule has 1 aliphatic heterocycles. The Balaban J connectivity index is 1.41. The number of ether oxygens (including phenoxy) is 1. The van der Waals surface area contributed by atoms with Crippen LogP contribution >= 0.6 is 0 Å². The number of Topliss-reactive ketones (excluding diaryl/α,β-unsaturated/α-hetero) is 2. The third-order valence-corrected chi connectivity index (χ3v) is 7.17. The van der Waals surface area contributed by atoms with Crippen LogP contribution in [0, 0.1) is 0 Å². The van der Waals surface area contributed by atoms with E-state index in [0.29, 0.717) is 37.0 Å². The van der Waals surface area contributed by atoms with Gasteiger partial charge in [0.25, 0.3) is 0 Å². The van der Waals surface area contributed by atoms with Gasteiger partial charge < -0.3 is 26.2 Å². The lowest BCUT2D eigenvalue weighted by Crippen LogP contribution is -3.07. The van der Waals surface area contributed by atoms with Crippen molar-refractivity contribution < 1.29 is 24.3 Å². The van der Waals surface area contributed by atoms with Gasteiger partial charge in [-0.05, 0) is 49.8 Å². The van der Waals surface area contributed by atoms with Crippen LogP contribution in [0.3, 0.4) is 0 Å². The van der Waals surface area contributed by atoms with E-state index in [1.165, 1.54) is 31.3 Å². The number of carbonyl (C=O) groups is 2. The number of ketones is 2. The van der Waals surface area contributed by atoms with Gasteiger partial charge in [-0.2, -0.15) is 0 Å². The number of guanidine groups is 1. The second-order valence-electron chi connectivity index (χ2n) is 10.2. The summed E-state index contributed by atoms with van der Waals surface area (Å²) in [5.74, 6) is 0.875. The molecule has 2 aliphatic rings. The molecule has 0 bridgehead atoms. The zero-order valence-corrected chi connectivity index (χ0v) is 22.1. The van der Waals surface area contributed by atoms with Gasteiger partial charge in [0, 0.05) is 25.3 Å². The van der Waals surface area contributed by atoms with Crippen molar-refractivity contribution in [3.05, 3.63) is 36.2 Å². The maximum absolute atomic E-state index is 12.5. The van der Waals surface area contributed by atoms with Crippen LogP contribution in [0.25, 0.3) is 0 Å². The molecule has 1 aromatic rings. The number of aromatic hydroxyl groups is 1. The van der Waals surface area contributed by atoms with Crippen LogP contribution in [0.4, 0.5) is 0 Å². The minimum atomic E-state index is -0.0625. The number of aryl methyl sites for hydroxylation is 1. The van der Waals surface area contributed by atoms with E-state index in [9.17, 15) is 14.7 Å². The summed E-state index contributed by atoms with van der Waals surface area (Å²) in [6.07, 6.45) is 13.6. The van der Waals surface area contributed by atoms with Crippen LogP contribution < -0.4 is 26.0 Å². The Labute approximate surface area is 220 Å². The highest BCUT2D eigenvalue weighted by Crippen LogP contribution is 2.26. The number of aliphatic imine (C=N–C) groups is 1. The van der Waals surface area contributed by atoms with Gasteiger partial charge in [-0.15, -0.1) is 0 Å². The van der Waals surface area contributed by atoms with Gasteiger partial charge in [-0.25, -0.2) is 0 Å². The van der Waals surface area contributed by atoms with Gasteiger partial charge in [-0.3, -0.25) is 19.5 Å². The molecule has 204 valence electrons. The molecule has 2 unspecified atom stereocenters. The smallest absolute Gasteiger partial charge is 0.189 e. The van der Waals surface area contributed by atoms with Crippen molar-refractivity contribution >= 4 is 17.5 Å². The standard InChI is InChI=1S/C28H43N5O4/c1-37-27-18-21(11-13-26(27)36)10-12-25(35)19-24(34)9-5-8-23(14-16-33-17-15-30-20-33)32-28(29)31-22-6-3-2-4-7-22/h11,13,15,17-18,22-23,30,36H,2-10,12,14,16,19-20H2,1H3,(H3,29,31,32)/p+1. The Bertz CT molecular complexity index is 943. The SMILES string of the molecule is COc1cc(CCC(=O)CC(=O)CCCC(CC[NH+]2C=CNC2)NC(N)=NC2CCCCC2)ccc1O. The highest BCUT2D eigenvalue weighted by atomic mass is 16.5. The molecule has 9 heteroatoms. The number of nitrogens with one attached hydrogen (secondary N) is 3. The molecule has 1 saturated carbocycles. The Morgan fingerprint density at radius 3 is 2.73 bits per heavy atom. The van der Waals surface area contributed by atoms with E-state index < -0.39 is 0 Å². The number of hydrogen-bond donors (Lipinski definition) is 5. The largest absolute Gasteiger partial charge is 0.504 e. The topological polar surface area (TPSA) is 130 Å². The van der Waals surface area contributed by atoms with Gasteiger partial charge in [0.1, 0.15) is 17.8 Å². The minimum absolute atomic E-state index is 0.0202.